The molecular weight excluding hydrogens is 272 g/mol. The zero-order chi connectivity index (χ0) is 13.2. The van der Waals surface area contributed by atoms with E-state index in [1.165, 1.54) is 41.7 Å². The molecule has 0 aromatic heterocycles. The van der Waals surface area contributed by atoms with Crippen LogP contribution >= 0.6 is 23.5 Å². The number of Topliss-reactive ketones (excluding diaryl/α,β-unsaturated/α-hetero) is 1. The highest BCUT2D eigenvalue weighted by molar-refractivity contribution is 8.07. The molecule has 0 spiro atoms. The van der Waals surface area contributed by atoms with Gasteiger partial charge in [-0.25, -0.2) is 0 Å². The number of thioether (sulfide) groups is 2. The van der Waals surface area contributed by atoms with Gasteiger partial charge in [-0.1, -0.05) is 25.1 Å². The number of rotatable bonds is 3. The second-order valence-corrected chi connectivity index (χ2v) is 8.20. The first-order chi connectivity index (χ1) is 9.24. The average Bonchev–Trinajstić information content (AvgIpc) is 2.86. The Kier molecular flexibility index (Phi) is 4.23. The smallest absolute Gasteiger partial charge is 0.151 e. The lowest BCUT2D eigenvalue weighted by Gasteiger charge is -2.26. The SMILES string of the molecule is CC1SCCSC1C(=O)Cc1ccc2c(c1)CCC2. The standard InChI is InChI=1S/C16H20OS2/c1-11-16(19-8-7-18-11)15(17)10-12-5-6-13-3-2-4-14(13)9-12/h5-6,9,11,16H,2-4,7-8,10H2,1H3. The van der Waals surface area contributed by atoms with E-state index in [9.17, 15) is 4.79 Å². The highest BCUT2D eigenvalue weighted by atomic mass is 32.2. The number of aryl methyl sites for hydroxylation is 2. The Morgan fingerprint density at radius 1 is 1.21 bits per heavy atom. The van der Waals surface area contributed by atoms with Crippen LogP contribution in [0.3, 0.4) is 0 Å². The number of ketones is 1. The van der Waals surface area contributed by atoms with Gasteiger partial charge >= 0.3 is 0 Å². The van der Waals surface area contributed by atoms with Gasteiger partial charge in [-0.3, -0.25) is 4.79 Å². The number of benzene rings is 1. The minimum absolute atomic E-state index is 0.201. The Labute approximate surface area is 123 Å². The van der Waals surface area contributed by atoms with E-state index in [-0.39, 0.29) is 5.25 Å². The monoisotopic (exact) mass is 292 g/mol. The number of carbonyl (C=O) groups is 1. The fraction of sp³-hybridized carbons (Fsp3) is 0.562. The number of hydrogen-bond donors (Lipinski definition) is 0. The predicted octanol–water partition coefficient (Wildman–Crippen LogP) is 3.52. The van der Waals surface area contributed by atoms with Crippen LogP contribution in [0.15, 0.2) is 18.2 Å². The van der Waals surface area contributed by atoms with Gasteiger partial charge in [0.05, 0.1) is 5.25 Å². The average molecular weight is 292 g/mol. The fourth-order valence-corrected chi connectivity index (χ4v) is 5.76. The van der Waals surface area contributed by atoms with Crippen molar-refractivity contribution in [2.75, 3.05) is 11.5 Å². The van der Waals surface area contributed by atoms with Crippen LogP contribution in [0.2, 0.25) is 0 Å². The van der Waals surface area contributed by atoms with E-state index in [2.05, 4.69) is 25.1 Å². The molecule has 2 unspecified atom stereocenters. The quantitative estimate of drug-likeness (QED) is 0.848. The first kappa shape index (κ1) is 13.6. The summed E-state index contributed by atoms with van der Waals surface area (Å²) in [6, 6.07) is 6.66. The molecule has 0 bridgehead atoms. The van der Waals surface area contributed by atoms with Crippen molar-refractivity contribution in [1.82, 2.24) is 0 Å². The summed E-state index contributed by atoms with van der Waals surface area (Å²) in [7, 11) is 0. The Bertz CT molecular complexity index is 484. The van der Waals surface area contributed by atoms with Crippen LogP contribution in [0.1, 0.15) is 30.0 Å². The normalized spacial score (nSPS) is 26.2. The molecule has 1 fully saturated rings. The third-order valence-corrected chi connectivity index (χ3v) is 7.18. The first-order valence-corrected chi connectivity index (χ1v) is 9.20. The van der Waals surface area contributed by atoms with E-state index in [4.69, 9.17) is 0 Å². The van der Waals surface area contributed by atoms with Crippen molar-refractivity contribution in [2.24, 2.45) is 0 Å². The zero-order valence-electron chi connectivity index (χ0n) is 11.4. The van der Waals surface area contributed by atoms with Gasteiger partial charge in [-0.15, -0.1) is 11.8 Å². The van der Waals surface area contributed by atoms with Gasteiger partial charge in [0.15, 0.2) is 5.78 Å². The van der Waals surface area contributed by atoms with Crippen molar-refractivity contribution in [3.05, 3.63) is 34.9 Å². The molecule has 1 aliphatic heterocycles. The zero-order valence-corrected chi connectivity index (χ0v) is 13.0. The van der Waals surface area contributed by atoms with Crippen LogP contribution in [0.25, 0.3) is 0 Å². The van der Waals surface area contributed by atoms with Crippen molar-refractivity contribution in [3.63, 3.8) is 0 Å². The summed E-state index contributed by atoms with van der Waals surface area (Å²) in [6.45, 7) is 2.20. The van der Waals surface area contributed by atoms with Crippen molar-refractivity contribution in [1.29, 1.82) is 0 Å². The van der Waals surface area contributed by atoms with E-state index >= 15 is 0 Å². The molecular formula is C16H20OS2. The van der Waals surface area contributed by atoms with Gasteiger partial charge in [0.2, 0.25) is 0 Å². The fourth-order valence-electron chi connectivity index (χ4n) is 3.02. The van der Waals surface area contributed by atoms with Gasteiger partial charge in [0.1, 0.15) is 0 Å². The maximum atomic E-state index is 12.4. The third-order valence-electron chi connectivity index (χ3n) is 4.05. The van der Waals surface area contributed by atoms with E-state index in [0.29, 0.717) is 17.5 Å². The molecule has 1 aromatic carbocycles. The highest BCUT2D eigenvalue weighted by Crippen LogP contribution is 2.32. The van der Waals surface area contributed by atoms with Crippen LogP contribution in [-0.2, 0) is 24.1 Å². The van der Waals surface area contributed by atoms with Crippen LogP contribution in [-0.4, -0.2) is 27.8 Å². The summed E-state index contributed by atoms with van der Waals surface area (Å²) in [5, 5.41) is 0.674. The second-order valence-electron chi connectivity index (χ2n) is 5.47. The summed E-state index contributed by atoms with van der Waals surface area (Å²) in [5.41, 5.74) is 4.19. The van der Waals surface area contributed by atoms with Crippen molar-refractivity contribution < 1.29 is 4.79 Å². The first-order valence-electron chi connectivity index (χ1n) is 7.10. The maximum absolute atomic E-state index is 12.4. The predicted molar refractivity (Wildman–Crippen MR) is 85.3 cm³/mol. The maximum Gasteiger partial charge on any atom is 0.151 e. The summed E-state index contributed by atoms with van der Waals surface area (Å²) >= 11 is 3.80. The molecule has 1 saturated heterocycles. The molecule has 102 valence electrons. The van der Waals surface area contributed by atoms with Gasteiger partial charge in [-0.2, -0.15) is 11.8 Å². The summed E-state index contributed by atoms with van der Waals surface area (Å²) < 4.78 is 0. The summed E-state index contributed by atoms with van der Waals surface area (Å²) in [5.74, 6) is 2.73. The molecule has 1 aromatic rings. The molecule has 3 heteroatoms. The summed E-state index contributed by atoms with van der Waals surface area (Å²) in [4.78, 5) is 12.4. The second kappa shape index (κ2) is 5.92. The van der Waals surface area contributed by atoms with E-state index < -0.39 is 0 Å². The lowest BCUT2D eigenvalue weighted by Crippen LogP contribution is -2.32. The molecule has 2 aliphatic rings. The van der Waals surface area contributed by atoms with Crippen LogP contribution < -0.4 is 0 Å². The topological polar surface area (TPSA) is 17.1 Å². The molecule has 0 radical (unpaired) electrons. The van der Waals surface area contributed by atoms with Gasteiger partial charge in [-0.05, 0) is 36.0 Å². The Morgan fingerprint density at radius 3 is 2.84 bits per heavy atom. The number of carbonyl (C=O) groups excluding carboxylic acids is 1. The van der Waals surface area contributed by atoms with Crippen molar-refractivity contribution in [2.45, 2.75) is 43.1 Å². The molecule has 1 aliphatic carbocycles. The largest absolute Gasteiger partial charge is 0.298 e. The third kappa shape index (κ3) is 3.03. The molecule has 2 atom stereocenters. The minimum Gasteiger partial charge on any atom is -0.298 e. The molecule has 0 N–H and O–H groups in total. The summed E-state index contributed by atoms with van der Waals surface area (Å²) in [6.07, 6.45) is 4.31. The van der Waals surface area contributed by atoms with E-state index in [1.54, 1.807) is 0 Å². The lowest BCUT2D eigenvalue weighted by atomic mass is 10.0. The molecule has 3 rings (SSSR count). The van der Waals surface area contributed by atoms with Crippen molar-refractivity contribution in [3.8, 4) is 0 Å². The van der Waals surface area contributed by atoms with Crippen LogP contribution in [0.4, 0.5) is 0 Å². The Hall–Kier alpha value is -0.410. The molecule has 1 heterocycles. The lowest BCUT2D eigenvalue weighted by molar-refractivity contribution is -0.117. The van der Waals surface area contributed by atoms with Crippen LogP contribution in [0, 0.1) is 0 Å². The van der Waals surface area contributed by atoms with Crippen molar-refractivity contribution >= 4 is 29.3 Å². The number of hydrogen-bond acceptors (Lipinski definition) is 3. The van der Waals surface area contributed by atoms with Gasteiger partial charge in [0, 0.05) is 23.2 Å². The van der Waals surface area contributed by atoms with Crippen LogP contribution in [0.5, 0.6) is 0 Å². The molecule has 1 nitrogen and oxygen atoms in total. The number of fused-ring (bicyclic) bond motifs is 1. The molecule has 0 saturated carbocycles. The Balaban J connectivity index is 1.69. The van der Waals surface area contributed by atoms with Gasteiger partial charge in [0.25, 0.3) is 0 Å². The molecule has 19 heavy (non-hydrogen) atoms. The minimum atomic E-state index is 0.201. The Morgan fingerprint density at radius 2 is 2.00 bits per heavy atom. The van der Waals surface area contributed by atoms with Gasteiger partial charge < -0.3 is 0 Å². The van der Waals surface area contributed by atoms with E-state index in [0.717, 1.165) is 5.75 Å². The molecule has 0 amide bonds. The van der Waals surface area contributed by atoms with E-state index in [1.807, 2.05) is 23.5 Å². The highest BCUT2D eigenvalue weighted by Gasteiger charge is 2.28.